The van der Waals surface area contributed by atoms with Gasteiger partial charge >= 0.3 is 0 Å². The maximum absolute atomic E-state index is 4.14. The van der Waals surface area contributed by atoms with E-state index in [1.54, 1.807) is 0 Å². The van der Waals surface area contributed by atoms with E-state index in [0.29, 0.717) is 0 Å². The molecule has 1 radical (unpaired) electrons. The van der Waals surface area contributed by atoms with Crippen LogP contribution < -0.4 is 4.72 Å². The predicted molar refractivity (Wildman–Crippen MR) is 41.8 cm³/mol. The largest absolute Gasteiger partial charge is 0.216 e. The zero-order chi connectivity index (χ0) is 6.53. The minimum Gasteiger partial charge on any atom is -0.216 e. The Kier molecular flexibility index (Phi) is 2.46. The molecule has 0 unspecified atom stereocenters. The summed E-state index contributed by atoms with van der Waals surface area (Å²) in [5.41, 5.74) is 1.09. The molecule has 0 N–H and O–H groups in total. The fraction of sp³-hybridized carbons (Fsp3) is 0.143. The van der Waals surface area contributed by atoms with E-state index in [9.17, 15) is 0 Å². The van der Waals surface area contributed by atoms with Gasteiger partial charge in [0.1, 0.15) is 0 Å². The van der Waals surface area contributed by atoms with Crippen LogP contribution >= 0.6 is 11.9 Å². The van der Waals surface area contributed by atoms with Gasteiger partial charge < -0.3 is 0 Å². The quantitative estimate of drug-likeness (QED) is 0.421. The average molecular weight is 138 g/mol. The Morgan fingerprint density at radius 1 is 1.78 bits per heavy atom. The van der Waals surface area contributed by atoms with Crippen molar-refractivity contribution >= 4 is 11.9 Å². The van der Waals surface area contributed by atoms with Gasteiger partial charge in [0, 0.05) is 18.4 Å². The Labute approximate surface area is 59.7 Å². The maximum atomic E-state index is 4.14. The smallest absolute Gasteiger partial charge is 0.0528 e. The molecule has 0 aromatic heterocycles. The molecule has 0 bridgehead atoms. The highest BCUT2D eigenvalue weighted by molar-refractivity contribution is 8.00. The summed E-state index contributed by atoms with van der Waals surface area (Å²) in [5, 5.41) is 1.95. The summed E-state index contributed by atoms with van der Waals surface area (Å²) >= 11 is 1.47. The number of rotatable bonds is 2. The van der Waals surface area contributed by atoms with Crippen LogP contribution in [0.2, 0.25) is 0 Å². The third kappa shape index (κ3) is 1.98. The fourth-order valence-corrected chi connectivity index (χ4v) is 1.05. The van der Waals surface area contributed by atoms with Crippen LogP contribution in [-0.4, -0.2) is 0 Å². The van der Waals surface area contributed by atoms with Gasteiger partial charge in [0.25, 0.3) is 0 Å². The molecular formula is C7H8NS. The van der Waals surface area contributed by atoms with Gasteiger partial charge in [-0.1, -0.05) is 12.2 Å². The van der Waals surface area contributed by atoms with Crippen LogP contribution in [0.4, 0.5) is 0 Å². The second-order valence-corrected chi connectivity index (χ2v) is 2.34. The van der Waals surface area contributed by atoms with Crippen LogP contribution in [0.5, 0.6) is 0 Å². The van der Waals surface area contributed by atoms with E-state index < -0.39 is 0 Å². The Morgan fingerprint density at radius 2 is 2.67 bits per heavy atom. The van der Waals surface area contributed by atoms with E-state index in [1.807, 2.05) is 23.6 Å². The fourth-order valence-electron chi connectivity index (χ4n) is 0.567. The highest BCUT2D eigenvalue weighted by Gasteiger charge is 1.96. The molecule has 1 heterocycles. The molecule has 0 saturated heterocycles. The molecular weight excluding hydrogens is 130 g/mol. The first-order chi connectivity index (χ1) is 4.43. The lowest BCUT2D eigenvalue weighted by Gasteiger charge is -2.03. The molecule has 1 nitrogen and oxygen atoms in total. The summed E-state index contributed by atoms with van der Waals surface area (Å²) in [6.45, 7) is 3.62. The normalized spacial score (nSPS) is 16.2. The zero-order valence-electron chi connectivity index (χ0n) is 5.08. The van der Waals surface area contributed by atoms with E-state index in [1.165, 1.54) is 11.9 Å². The molecule has 1 aliphatic rings. The molecule has 47 valence electrons. The van der Waals surface area contributed by atoms with E-state index in [0.717, 1.165) is 12.1 Å². The van der Waals surface area contributed by atoms with Crippen molar-refractivity contribution in [2.75, 3.05) is 0 Å². The molecule has 0 aromatic rings. The Hall–Kier alpha value is -0.630. The predicted octanol–water partition coefficient (Wildman–Crippen LogP) is 2.23. The van der Waals surface area contributed by atoms with Crippen LogP contribution in [0.25, 0.3) is 0 Å². The van der Waals surface area contributed by atoms with Crippen molar-refractivity contribution in [1.82, 2.24) is 4.72 Å². The first-order valence-corrected chi connectivity index (χ1v) is 3.60. The summed E-state index contributed by atoms with van der Waals surface area (Å²) in [6, 6.07) is 0. The minimum absolute atomic E-state index is 0.872. The summed E-state index contributed by atoms with van der Waals surface area (Å²) in [7, 11) is 0. The lowest BCUT2D eigenvalue weighted by atomic mass is 10.3. The van der Waals surface area contributed by atoms with Crippen LogP contribution in [0.1, 0.15) is 6.42 Å². The molecule has 0 amide bonds. The second-order valence-electron chi connectivity index (χ2n) is 1.68. The van der Waals surface area contributed by atoms with Crippen molar-refractivity contribution in [1.29, 1.82) is 0 Å². The second kappa shape index (κ2) is 3.41. The van der Waals surface area contributed by atoms with E-state index >= 15 is 0 Å². The molecule has 0 fully saturated rings. The van der Waals surface area contributed by atoms with Gasteiger partial charge in [0.05, 0.1) is 5.70 Å². The molecule has 0 aliphatic carbocycles. The topological polar surface area (TPSA) is 14.1 Å². The van der Waals surface area contributed by atoms with E-state index in [-0.39, 0.29) is 0 Å². The monoisotopic (exact) mass is 138 g/mol. The number of hydrogen-bond acceptors (Lipinski definition) is 1. The van der Waals surface area contributed by atoms with E-state index in [4.69, 9.17) is 0 Å². The summed E-state index contributed by atoms with van der Waals surface area (Å²) in [5.74, 6) is 0. The lowest BCUT2D eigenvalue weighted by Crippen LogP contribution is -1.94. The van der Waals surface area contributed by atoms with Crippen molar-refractivity contribution in [3.05, 3.63) is 35.9 Å². The molecule has 0 saturated carbocycles. The van der Waals surface area contributed by atoms with Crippen molar-refractivity contribution in [2.24, 2.45) is 0 Å². The molecule has 0 spiro atoms. The standard InChI is InChI=1S/C7H8NS/c1-2-4-7-5-3-6-9-8-7/h2-3,5-6H,1,4H2. The first-order valence-electron chi connectivity index (χ1n) is 2.77. The van der Waals surface area contributed by atoms with Crippen LogP contribution in [-0.2, 0) is 0 Å². The minimum atomic E-state index is 0.872. The molecule has 0 aromatic carbocycles. The first kappa shape index (κ1) is 6.49. The Morgan fingerprint density at radius 3 is 3.22 bits per heavy atom. The number of hydrogen-bond donors (Lipinski definition) is 0. The van der Waals surface area contributed by atoms with E-state index in [2.05, 4.69) is 11.3 Å². The molecule has 9 heavy (non-hydrogen) atoms. The Bertz CT molecular complexity index is 158. The van der Waals surface area contributed by atoms with Crippen molar-refractivity contribution in [3.63, 3.8) is 0 Å². The van der Waals surface area contributed by atoms with Gasteiger partial charge in [-0.05, 0) is 11.5 Å². The molecule has 1 rings (SSSR count). The molecule has 2 heteroatoms. The summed E-state index contributed by atoms with van der Waals surface area (Å²) in [4.78, 5) is 0. The third-order valence-electron chi connectivity index (χ3n) is 0.951. The van der Waals surface area contributed by atoms with Crippen molar-refractivity contribution in [3.8, 4) is 0 Å². The van der Waals surface area contributed by atoms with Crippen LogP contribution in [0, 0.1) is 0 Å². The number of nitrogens with zero attached hydrogens (tertiary/aromatic N) is 1. The molecule has 0 atom stereocenters. The maximum Gasteiger partial charge on any atom is 0.0528 e. The highest BCUT2D eigenvalue weighted by atomic mass is 32.2. The van der Waals surface area contributed by atoms with Crippen molar-refractivity contribution < 1.29 is 0 Å². The highest BCUT2D eigenvalue weighted by Crippen LogP contribution is 2.13. The van der Waals surface area contributed by atoms with Crippen LogP contribution in [0.15, 0.2) is 35.9 Å². The molecule has 1 aliphatic heterocycles. The van der Waals surface area contributed by atoms with Gasteiger partial charge in [-0.15, -0.1) is 6.58 Å². The van der Waals surface area contributed by atoms with Gasteiger partial charge in [-0.2, -0.15) is 0 Å². The van der Waals surface area contributed by atoms with Gasteiger partial charge in [0.2, 0.25) is 0 Å². The van der Waals surface area contributed by atoms with Gasteiger partial charge in [-0.25, -0.2) is 4.72 Å². The number of allylic oxidation sites excluding steroid dienone is 3. The lowest BCUT2D eigenvalue weighted by molar-refractivity contribution is 1.08. The van der Waals surface area contributed by atoms with Crippen molar-refractivity contribution in [2.45, 2.75) is 6.42 Å². The van der Waals surface area contributed by atoms with Crippen LogP contribution in [0.3, 0.4) is 0 Å². The summed E-state index contributed by atoms with van der Waals surface area (Å²) < 4.78 is 4.14. The van der Waals surface area contributed by atoms with Gasteiger partial charge in [0.15, 0.2) is 0 Å². The Balaban J connectivity index is 2.47. The third-order valence-corrected chi connectivity index (χ3v) is 1.57. The zero-order valence-corrected chi connectivity index (χ0v) is 5.90. The SMILES string of the molecule is C=CCC1=CC=CS[N]1. The average Bonchev–Trinajstić information content (AvgIpc) is 1.91. The summed E-state index contributed by atoms with van der Waals surface area (Å²) in [6.07, 6.45) is 6.72. The van der Waals surface area contributed by atoms with Gasteiger partial charge in [-0.3, -0.25) is 0 Å².